The van der Waals surface area contributed by atoms with Crippen molar-refractivity contribution in [3.63, 3.8) is 0 Å². The molecule has 0 heterocycles. The van der Waals surface area contributed by atoms with Crippen LogP contribution in [0.25, 0.3) is 0 Å². The highest BCUT2D eigenvalue weighted by molar-refractivity contribution is 5.82. The van der Waals surface area contributed by atoms with Crippen molar-refractivity contribution >= 4 is 5.91 Å². The number of benzene rings is 1. The Morgan fingerprint density at radius 1 is 1.23 bits per heavy atom. The van der Waals surface area contributed by atoms with E-state index >= 15 is 0 Å². The minimum absolute atomic E-state index is 0.186. The SMILES string of the molecule is CC(O)CC(CNC(=O)C1C2CCCCC21)c1ccccc1. The number of nitrogens with one attached hydrogen (secondary N) is 1. The van der Waals surface area contributed by atoms with E-state index in [9.17, 15) is 9.90 Å². The first-order chi connectivity index (χ1) is 10.7. The molecular weight excluding hydrogens is 274 g/mol. The third-order valence-electron chi connectivity index (χ3n) is 5.38. The van der Waals surface area contributed by atoms with Gasteiger partial charge in [-0.3, -0.25) is 4.79 Å². The molecule has 2 saturated carbocycles. The van der Waals surface area contributed by atoms with E-state index in [4.69, 9.17) is 0 Å². The van der Waals surface area contributed by atoms with Crippen LogP contribution in [0.1, 0.15) is 50.5 Å². The molecule has 1 amide bonds. The molecule has 1 aromatic rings. The molecule has 0 aliphatic heterocycles. The van der Waals surface area contributed by atoms with E-state index in [1.54, 1.807) is 0 Å². The van der Waals surface area contributed by atoms with Crippen LogP contribution < -0.4 is 5.32 Å². The fraction of sp³-hybridized carbons (Fsp3) is 0.632. The van der Waals surface area contributed by atoms with Crippen LogP contribution in [0.4, 0.5) is 0 Å². The molecule has 0 spiro atoms. The van der Waals surface area contributed by atoms with Crippen LogP contribution in [0.3, 0.4) is 0 Å². The second-order valence-electron chi connectivity index (χ2n) is 7.08. The van der Waals surface area contributed by atoms with E-state index < -0.39 is 0 Å². The summed E-state index contributed by atoms with van der Waals surface area (Å²) in [4.78, 5) is 12.4. The lowest BCUT2D eigenvalue weighted by molar-refractivity contribution is -0.123. The van der Waals surface area contributed by atoms with Crippen LogP contribution in [0.2, 0.25) is 0 Å². The summed E-state index contributed by atoms with van der Waals surface area (Å²) in [6, 6.07) is 10.2. The molecule has 3 nitrogen and oxygen atoms in total. The van der Waals surface area contributed by atoms with Crippen LogP contribution >= 0.6 is 0 Å². The summed E-state index contributed by atoms with van der Waals surface area (Å²) in [5.74, 6) is 2.00. The number of hydrogen-bond donors (Lipinski definition) is 2. The molecule has 2 aliphatic rings. The minimum atomic E-state index is -0.356. The van der Waals surface area contributed by atoms with Gasteiger partial charge in [0.1, 0.15) is 0 Å². The highest BCUT2D eigenvalue weighted by Gasteiger charge is 2.54. The van der Waals surface area contributed by atoms with Gasteiger partial charge in [-0.15, -0.1) is 0 Å². The smallest absolute Gasteiger partial charge is 0.223 e. The Morgan fingerprint density at radius 2 is 1.86 bits per heavy atom. The monoisotopic (exact) mass is 301 g/mol. The summed E-state index contributed by atoms with van der Waals surface area (Å²) in [5, 5.41) is 12.9. The molecule has 120 valence electrons. The summed E-state index contributed by atoms with van der Waals surface area (Å²) in [7, 11) is 0. The van der Waals surface area contributed by atoms with Gasteiger partial charge in [-0.25, -0.2) is 0 Å². The van der Waals surface area contributed by atoms with Gasteiger partial charge < -0.3 is 10.4 Å². The maximum Gasteiger partial charge on any atom is 0.223 e. The number of fused-ring (bicyclic) bond motifs is 1. The largest absolute Gasteiger partial charge is 0.393 e. The van der Waals surface area contributed by atoms with Crippen molar-refractivity contribution in [2.24, 2.45) is 17.8 Å². The van der Waals surface area contributed by atoms with Crippen molar-refractivity contribution in [1.82, 2.24) is 5.32 Å². The molecule has 22 heavy (non-hydrogen) atoms. The summed E-state index contributed by atoms with van der Waals surface area (Å²) in [6.07, 6.45) is 5.38. The van der Waals surface area contributed by atoms with Gasteiger partial charge >= 0.3 is 0 Å². The molecule has 0 aromatic heterocycles. The summed E-state index contributed by atoms with van der Waals surface area (Å²) >= 11 is 0. The number of rotatable bonds is 6. The maximum atomic E-state index is 12.4. The second-order valence-corrected chi connectivity index (χ2v) is 7.08. The van der Waals surface area contributed by atoms with Crippen molar-refractivity contribution in [2.45, 2.75) is 51.0 Å². The van der Waals surface area contributed by atoms with E-state index in [1.807, 2.05) is 25.1 Å². The van der Waals surface area contributed by atoms with Gasteiger partial charge in [-0.2, -0.15) is 0 Å². The van der Waals surface area contributed by atoms with Gasteiger partial charge in [-0.05, 0) is 43.6 Å². The van der Waals surface area contributed by atoms with E-state index in [2.05, 4.69) is 17.4 Å². The van der Waals surface area contributed by atoms with Gasteiger partial charge in [0.2, 0.25) is 5.91 Å². The van der Waals surface area contributed by atoms with Gasteiger partial charge in [0.15, 0.2) is 0 Å². The first-order valence-electron chi connectivity index (χ1n) is 8.67. The van der Waals surface area contributed by atoms with Crippen molar-refractivity contribution < 1.29 is 9.90 Å². The summed E-state index contributed by atoms with van der Waals surface area (Å²) in [5.41, 5.74) is 1.19. The number of carbonyl (C=O) groups excluding carboxylic acids is 1. The van der Waals surface area contributed by atoms with Crippen LogP contribution in [0.15, 0.2) is 30.3 Å². The number of aliphatic hydroxyl groups excluding tert-OH is 1. The molecule has 0 saturated heterocycles. The van der Waals surface area contributed by atoms with Crippen LogP contribution in [-0.2, 0) is 4.79 Å². The van der Waals surface area contributed by atoms with E-state index in [0.29, 0.717) is 24.8 Å². The summed E-state index contributed by atoms with van der Waals surface area (Å²) < 4.78 is 0. The molecule has 0 bridgehead atoms. The van der Waals surface area contributed by atoms with Crippen LogP contribution in [0.5, 0.6) is 0 Å². The molecule has 0 radical (unpaired) electrons. The number of carbonyl (C=O) groups is 1. The molecule has 4 unspecified atom stereocenters. The lowest BCUT2D eigenvalue weighted by Crippen LogP contribution is -2.31. The quantitative estimate of drug-likeness (QED) is 0.848. The fourth-order valence-electron chi connectivity index (χ4n) is 4.20. The fourth-order valence-corrected chi connectivity index (χ4v) is 4.20. The lowest BCUT2D eigenvalue weighted by atomic mass is 9.93. The zero-order chi connectivity index (χ0) is 15.5. The molecule has 2 aliphatic carbocycles. The second kappa shape index (κ2) is 6.82. The predicted octanol–water partition coefficient (Wildman–Crippen LogP) is 3.09. The van der Waals surface area contributed by atoms with Crippen molar-refractivity contribution in [2.75, 3.05) is 6.54 Å². The van der Waals surface area contributed by atoms with Crippen molar-refractivity contribution in [1.29, 1.82) is 0 Å². The number of hydrogen-bond acceptors (Lipinski definition) is 2. The minimum Gasteiger partial charge on any atom is -0.393 e. The zero-order valence-electron chi connectivity index (χ0n) is 13.4. The van der Waals surface area contributed by atoms with Crippen LogP contribution in [-0.4, -0.2) is 23.7 Å². The third-order valence-corrected chi connectivity index (χ3v) is 5.38. The average Bonchev–Trinajstić information content (AvgIpc) is 3.26. The Labute approximate surface area is 133 Å². The molecule has 3 rings (SSSR count). The van der Waals surface area contributed by atoms with E-state index in [0.717, 1.165) is 0 Å². The standard InChI is InChI=1S/C19H27NO2/c1-13(21)11-15(14-7-3-2-4-8-14)12-20-19(22)18-16-9-5-6-10-17(16)18/h2-4,7-8,13,15-18,21H,5-6,9-12H2,1H3,(H,20,22). The maximum absolute atomic E-state index is 12.4. The lowest BCUT2D eigenvalue weighted by Gasteiger charge is -2.19. The molecule has 2 fully saturated rings. The summed E-state index contributed by atoms with van der Waals surface area (Å²) in [6.45, 7) is 2.44. The van der Waals surface area contributed by atoms with Gasteiger partial charge in [-0.1, -0.05) is 43.2 Å². The van der Waals surface area contributed by atoms with E-state index in [1.165, 1.54) is 31.2 Å². The number of aliphatic hydroxyl groups is 1. The highest BCUT2D eigenvalue weighted by Crippen LogP contribution is 2.55. The van der Waals surface area contributed by atoms with Crippen molar-refractivity contribution in [3.05, 3.63) is 35.9 Å². The Bertz CT molecular complexity index is 487. The first kappa shape index (κ1) is 15.5. The topological polar surface area (TPSA) is 49.3 Å². The molecule has 4 atom stereocenters. The van der Waals surface area contributed by atoms with Crippen molar-refractivity contribution in [3.8, 4) is 0 Å². The molecule has 3 heteroatoms. The first-order valence-corrected chi connectivity index (χ1v) is 8.67. The van der Waals surface area contributed by atoms with Gasteiger partial charge in [0, 0.05) is 18.4 Å². The average molecular weight is 301 g/mol. The Kier molecular flexibility index (Phi) is 4.82. The Morgan fingerprint density at radius 3 is 2.45 bits per heavy atom. The highest BCUT2D eigenvalue weighted by atomic mass is 16.3. The molecule has 1 aromatic carbocycles. The zero-order valence-corrected chi connectivity index (χ0v) is 13.4. The van der Waals surface area contributed by atoms with Crippen LogP contribution in [0, 0.1) is 17.8 Å². The van der Waals surface area contributed by atoms with Gasteiger partial charge in [0.05, 0.1) is 6.10 Å². The normalized spacial score (nSPS) is 29.3. The molecular formula is C19H27NO2. The molecule has 2 N–H and O–H groups in total. The Balaban J connectivity index is 1.56. The number of amides is 1. The van der Waals surface area contributed by atoms with Gasteiger partial charge in [0.25, 0.3) is 0 Å². The third kappa shape index (κ3) is 3.52. The van der Waals surface area contributed by atoms with E-state index in [-0.39, 0.29) is 23.8 Å². The predicted molar refractivity (Wildman–Crippen MR) is 87.4 cm³/mol. The Hall–Kier alpha value is -1.35.